The molecule has 0 radical (unpaired) electrons. The maximum absolute atomic E-state index is 13.9. The molecule has 15 heteroatoms. The number of sulfonamides is 1. The van der Waals surface area contributed by atoms with Gasteiger partial charge in [0.1, 0.15) is 11.4 Å². The number of nitrogens with zero attached hydrogens (tertiary/aromatic N) is 5. The van der Waals surface area contributed by atoms with E-state index in [1.54, 1.807) is 30.2 Å². The van der Waals surface area contributed by atoms with Gasteiger partial charge in [0.05, 0.1) is 47.9 Å². The Kier molecular flexibility index (Phi) is 9.20. The summed E-state index contributed by atoms with van der Waals surface area (Å²) in [6.07, 6.45) is 5.28. The molecule has 0 spiro atoms. The van der Waals surface area contributed by atoms with Crippen LogP contribution in [-0.4, -0.2) is 88.7 Å². The molecule has 3 atom stereocenters. The Bertz CT molecular complexity index is 1710. The van der Waals surface area contributed by atoms with Crippen molar-refractivity contribution in [3.8, 4) is 0 Å². The summed E-state index contributed by atoms with van der Waals surface area (Å²) in [5.74, 6) is 0.329. The average molecular weight is 662 g/mol. The number of aryl methyl sites for hydroxylation is 1. The summed E-state index contributed by atoms with van der Waals surface area (Å²) in [7, 11) is -3.63. The van der Waals surface area contributed by atoms with Gasteiger partial charge < -0.3 is 25.0 Å². The number of carbonyl (C=O) groups is 2. The van der Waals surface area contributed by atoms with E-state index in [0.29, 0.717) is 48.1 Å². The summed E-state index contributed by atoms with van der Waals surface area (Å²) in [4.78, 5) is 34.9. The molecule has 2 saturated heterocycles. The molecule has 244 valence electrons. The van der Waals surface area contributed by atoms with Crippen LogP contribution in [0.15, 0.2) is 30.5 Å². The number of piperidine rings is 1. The number of hydrogen-bond donors (Lipinski definition) is 3. The molecule has 2 aromatic heterocycles. The van der Waals surface area contributed by atoms with Crippen molar-refractivity contribution < 1.29 is 27.9 Å². The van der Waals surface area contributed by atoms with Gasteiger partial charge in [-0.05, 0) is 71.6 Å². The van der Waals surface area contributed by atoms with Crippen molar-refractivity contribution in [3.63, 3.8) is 0 Å². The van der Waals surface area contributed by atoms with Gasteiger partial charge in [0.25, 0.3) is 5.91 Å². The number of aliphatic hydroxyl groups is 1. The van der Waals surface area contributed by atoms with E-state index in [2.05, 4.69) is 10.0 Å². The lowest BCUT2D eigenvalue weighted by Crippen LogP contribution is -2.40. The summed E-state index contributed by atoms with van der Waals surface area (Å²) in [6.45, 7) is 8.14. The fourth-order valence-electron chi connectivity index (χ4n) is 6.02. The summed E-state index contributed by atoms with van der Waals surface area (Å²) in [5, 5.41) is 18.2. The van der Waals surface area contributed by atoms with Crippen LogP contribution < -0.4 is 14.9 Å². The lowest BCUT2D eigenvalue weighted by atomic mass is 9.98. The highest BCUT2D eigenvalue weighted by Gasteiger charge is 2.36. The van der Waals surface area contributed by atoms with Crippen LogP contribution in [0.25, 0.3) is 5.65 Å². The number of fused-ring (bicyclic) bond motifs is 1. The number of alkyl carbamates (subject to hydrolysis) is 1. The van der Waals surface area contributed by atoms with Crippen molar-refractivity contribution >= 4 is 50.8 Å². The summed E-state index contributed by atoms with van der Waals surface area (Å²) in [6, 6.07) is 5.51. The molecule has 2 amide bonds. The minimum absolute atomic E-state index is 0.109. The Morgan fingerprint density at radius 1 is 1.20 bits per heavy atom. The van der Waals surface area contributed by atoms with Gasteiger partial charge in [0.2, 0.25) is 10.0 Å². The topological polar surface area (TPSA) is 158 Å². The predicted octanol–water partition coefficient (Wildman–Crippen LogP) is 3.89. The number of nitrogens with one attached hydrogen (secondary N) is 2. The van der Waals surface area contributed by atoms with Crippen LogP contribution in [0.2, 0.25) is 5.02 Å². The molecule has 45 heavy (non-hydrogen) atoms. The average Bonchev–Trinajstić information content (AvgIpc) is 3.54. The number of halogens is 1. The zero-order valence-corrected chi connectivity index (χ0v) is 27.7. The van der Waals surface area contributed by atoms with Crippen LogP contribution in [0.4, 0.5) is 16.3 Å². The van der Waals surface area contributed by atoms with E-state index in [1.807, 2.05) is 24.1 Å². The van der Waals surface area contributed by atoms with Crippen LogP contribution in [0, 0.1) is 6.92 Å². The third kappa shape index (κ3) is 7.61. The van der Waals surface area contributed by atoms with Crippen molar-refractivity contribution in [1.82, 2.24) is 24.8 Å². The largest absolute Gasteiger partial charge is 0.444 e. The molecule has 2 fully saturated rings. The van der Waals surface area contributed by atoms with Crippen molar-refractivity contribution in [1.29, 1.82) is 0 Å². The zero-order valence-electron chi connectivity index (χ0n) is 26.1. The summed E-state index contributed by atoms with van der Waals surface area (Å²) in [5.41, 5.74) is 1.78. The Balaban J connectivity index is 1.41. The number of rotatable bonds is 7. The second-order valence-corrected chi connectivity index (χ2v) is 14.9. The van der Waals surface area contributed by atoms with Gasteiger partial charge in [-0.3, -0.25) is 9.52 Å². The van der Waals surface area contributed by atoms with E-state index in [9.17, 15) is 23.1 Å². The molecule has 0 saturated carbocycles. The number of benzene rings is 1. The smallest absolute Gasteiger partial charge is 0.407 e. The first-order chi connectivity index (χ1) is 21.1. The van der Waals surface area contributed by atoms with E-state index < -0.39 is 21.7 Å². The van der Waals surface area contributed by atoms with Crippen molar-refractivity contribution in [2.24, 2.45) is 0 Å². The zero-order chi connectivity index (χ0) is 32.7. The Labute approximate surface area is 267 Å². The molecule has 2 aliphatic rings. The molecular formula is C30H40ClN7O6S. The van der Waals surface area contributed by atoms with Crippen LogP contribution >= 0.6 is 11.6 Å². The van der Waals surface area contributed by atoms with Crippen LogP contribution in [0.1, 0.15) is 74.1 Å². The maximum atomic E-state index is 13.9. The molecule has 5 rings (SSSR count). The molecule has 1 aromatic carbocycles. The Hall–Kier alpha value is -3.62. The first kappa shape index (κ1) is 32.8. The summed E-state index contributed by atoms with van der Waals surface area (Å²) >= 11 is 6.22. The van der Waals surface area contributed by atoms with Crippen LogP contribution in [0.5, 0.6) is 0 Å². The molecule has 0 bridgehead atoms. The van der Waals surface area contributed by atoms with E-state index in [4.69, 9.17) is 26.4 Å². The Morgan fingerprint density at radius 3 is 2.64 bits per heavy atom. The fourth-order valence-corrected chi connectivity index (χ4v) is 6.77. The third-order valence-corrected chi connectivity index (χ3v) is 8.68. The van der Waals surface area contributed by atoms with Gasteiger partial charge in [-0.1, -0.05) is 11.6 Å². The monoisotopic (exact) mass is 661 g/mol. The van der Waals surface area contributed by atoms with Crippen molar-refractivity contribution in [2.75, 3.05) is 35.6 Å². The minimum atomic E-state index is -3.63. The van der Waals surface area contributed by atoms with Gasteiger partial charge in [0.15, 0.2) is 5.65 Å². The normalized spacial score (nSPS) is 20.8. The Morgan fingerprint density at radius 2 is 1.96 bits per heavy atom. The predicted molar refractivity (Wildman–Crippen MR) is 171 cm³/mol. The maximum Gasteiger partial charge on any atom is 0.407 e. The quantitative estimate of drug-likeness (QED) is 0.341. The van der Waals surface area contributed by atoms with Gasteiger partial charge in [-0.25, -0.2) is 22.7 Å². The first-order valence-electron chi connectivity index (χ1n) is 14.9. The number of aromatic nitrogens is 3. The highest BCUT2D eigenvalue weighted by atomic mass is 35.5. The highest BCUT2D eigenvalue weighted by molar-refractivity contribution is 7.92. The molecular weight excluding hydrogens is 622 g/mol. The van der Waals surface area contributed by atoms with Crippen LogP contribution in [0.3, 0.4) is 0 Å². The minimum Gasteiger partial charge on any atom is -0.444 e. The number of aliphatic hydroxyl groups excluding tert-OH is 1. The molecule has 0 unspecified atom stereocenters. The third-order valence-electron chi connectivity index (χ3n) is 7.85. The van der Waals surface area contributed by atoms with Gasteiger partial charge >= 0.3 is 6.09 Å². The first-order valence-corrected chi connectivity index (χ1v) is 17.2. The molecule has 4 heterocycles. The SMILES string of the molecule is Cc1cn2nc([C@@H]3CCCCN3C(=O)c3cc(Cl)ccc3NS(C)(=O)=O)cc2nc1N1C[C@@H](NC(=O)OC(C)(C)C)C[C@H]1CO. The second-order valence-electron chi connectivity index (χ2n) is 12.8. The van der Waals surface area contributed by atoms with E-state index in [0.717, 1.165) is 24.7 Å². The number of ether oxygens (including phenoxy) is 1. The number of likely N-dealkylation sites (tertiary alicyclic amines) is 1. The van der Waals surface area contributed by atoms with Crippen molar-refractivity contribution in [3.05, 3.63) is 52.3 Å². The summed E-state index contributed by atoms with van der Waals surface area (Å²) < 4.78 is 33.5. The molecule has 2 aliphatic heterocycles. The molecule has 3 N–H and O–H groups in total. The van der Waals surface area contributed by atoms with Crippen molar-refractivity contribution in [2.45, 2.75) is 77.1 Å². The van der Waals surface area contributed by atoms with E-state index >= 15 is 0 Å². The molecule has 0 aliphatic carbocycles. The number of amides is 2. The lowest BCUT2D eigenvalue weighted by Gasteiger charge is -2.35. The fraction of sp³-hybridized carbons (Fsp3) is 0.533. The molecule has 3 aromatic rings. The number of carbonyl (C=O) groups excluding carboxylic acids is 2. The molecule has 13 nitrogen and oxygen atoms in total. The highest BCUT2D eigenvalue weighted by Crippen LogP contribution is 2.35. The van der Waals surface area contributed by atoms with Gasteiger partial charge in [-0.2, -0.15) is 5.10 Å². The number of hydrogen-bond acceptors (Lipinski definition) is 9. The number of anilines is 2. The van der Waals surface area contributed by atoms with E-state index in [-0.39, 0.29) is 41.9 Å². The van der Waals surface area contributed by atoms with Gasteiger partial charge in [-0.15, -0.1) is 0 Å². The van der Waals surface area contributed by atoms with Gasteiger partial charge in [0, 0.05) is 35.9 Å². The lowest BCUT2D eigenvalue weighted by molar-refractivity contribution is 0.0506. The van der Waals surface area contributed by atoms with Crippen LogP contribution in [-0.2, 0) is 14.8 Å². The standard InChI is InChI=1S/C30H40ClN7O6S/c1-18-15-38-26(33-27(18)37-16-20(13-21(37)17-39)32-29(41)44-30(2,3)4)14-24(34-38)25-8-6-7-11-36(25)28(40)22-12-19(31)9-10-23(22)35-45(5,42)43/h9-10,12,14-15,20-21,25,35,39H,6-8,11,13,16-17H2,1-5H3,(H,32,41)/t20-,21-,25-/m0/s1. The van der Waals surface area contributed by atoms with E-state index in [1.165, 1.54) is 18.2 Å². The second kappa shape index (κ2) is 12.6.